The molecule has 0 heterocycles. The molecule has 0 bridgehead atoms. The summed E-state index contributed by atoms with van der Waals surface area (Å²) < 4.78 is 9.84. The molecule has 0 spiro atoms. The third-order valence-electron chi connectivity index (χ3n) is 3.01. The van der Waals surface area contributed by atoms with Crippen LogP contribution in [-0.2, 0) is 14.3 Å². The number of rotatable bonds is 8. The molecular formula is C18H16O5. The highest BCUT2D eigenvalue weighted by molar-refractivity contribution is 5.98. The van der Waals surface area contributed by atoms with Crippen molar-refractivity contribution in [1.29, 1.82) is 0 Å². The fraction of sp³-hybridized carbons (Fsp3) is 0.167. The zero-order chi connectivity index (χ0) is 16.5. The summed E-state index contributed by atoms with van der Waals surface area (Å²) >= 11 is 0. The molecule has 0 saturated heterocycles. The molecule has 2 aromatic carbocycles. The predicted molar refractivity (Wildman–Crippen MR) is 83.3 cm³/mol. The number of ketones is 2. The molecule has 0 aromatic heterocycles. The Bertz CT molecular complexity index is 664. The first-order chi connectivity index (χ1) is 11.2. The van der Waals surface area contributed by atoms with Gasteiger partial charge in [0, 0.05) is 11.1 Å². The van der Waals surface area contributed by atoms with Gasteiger partial charge in [0.15, 0.2) is 18.2 Å². The van der Waals surface area contributed by atoms with Gasteiger partial charge in [0.2, 0.25) is 0 Å². The summed E-state index contributed by atoms with van der Waals surface area (Å²) in [5.41, 5.74) is 0.987. The molecule has 2 rings (SSSR count). The quantitative estimate of drug-likeness (QED) is 0.552. The molecule has 0 N–H and O–H groups in total. The Balaban J connectivity index is 1.67. The molecule has 118 valence electrons. The van der Waals surface area contributed by atoms with Crippen LogP contribution >= 0.6 is 0 Å². The van der Waals surface area contributed by atoms with Gasteiger partial charge in [-0.05, 0) is 0 Å². The zero-order valence-corrected chi connectivity index (χ0v) is 12.4. The largest absolute Gasteiger partial charge is 0.456 e. The number of hydrogen-bond acceptors (Lipinski definition) is 5. The molecule has 0 radical (unpaired) electrons. The van der Waals surface area contributed by atoms with Gasteiger partial charge in [-0.3, -0.25) is 9.59 Å². The second-order valence-corrected chi connectivity index (χ2v) is 4.73. The topological polar surface area (TPSA) is 69.7 Å². The maximum atomic E-state index is 11.7. The fourth-order valence-corrected chi connectivity index (χ4v) is 1.83. The second kappa shape index (κ2) is 8.60. The van der Waals surface area contributed by atoms with Crippen LogP contribution in [0.4, 0.5) is 0 Å². The van der Waals surface area contributed by atoms with Crippen molar-refractivity contribution < 1.29 is 23.9 Å². The maximum absolute atomic E-state index is 11.7. The van der Waals surface area contributed by atoms with Crippen LogP contribution in [0, 0.1) is 0 Å². The van der Waals surface area contributed by atoms with E-state index < -0.39 is 5.97 Å². The highest BCUT2D eigenvalue weighted by Crippen LogP contribution is 2.01. The van der Waals surface area contributed by atoms with E-state index in [4.69, 9.17) is 9.47 Å². The lowest BCUT2D eigenvalue weighted by Crippen LogP contribution is -2.20. The molecule has 2 aromatic rings. The monoisotopic (exact) mass is 312 g/mol. The lowest BCUT2D eigenvalue weighted by molar-refractivity contribution is -0.147. The molecule has 5 heteroatoms. The van der Waals surface area contributed by atoms with E-state index in [0.29, 0.717) is 11.1 Å². The van der Waals surface area contributed by atoms with Gasteiger partial charge >= 0.3 is 5.97 Å². The minimum atomic E-state index is -0.685. The summed E-state index contributed by atoms with van der Waals surface area (Å²) in [6.07, 6.45) is 0. The molecule has 0 amide bonds. The van der Waals surface area contributed by atoms with Crippen LogP contribution in [0.3, 0.4) is 0 Å². The van der Waals surface area contributed by atoms with Crippen LogP contribution < -0.4 is 0 Å². The van der Waals surface area contributed by atoms with Crippen LogP contribution in [0.5, 0.6) is 0 Å². The molecule has 0 aliphatic carbocycles. The van der Waals surface area contributed by atoms with E-state index >= 15 is 0 Å². The van der Waals surface area contributed by atoms with Crippen LogP contribution in [0.2, 0.25) is 0 Å². The van der Waals surface area contributed by atoms with Crippen LogP contribution in [0.25, 0.3) is 0 Å². The Hall–Kier alpha value is -2.79. The van der Waals surface area contributed by atoms with E-state index in [1.165, 1.54) is 0 Å². The van der Waals surface area contributed by atoms with E-state index in [9.17, 15) is 14.4 Å². The minimum Gasteiger partial charge on any atom is -0.456 e. The van der Waals surface area contributed by atoms with E-state index in [1.54, 1.807) is 60.7 Å². The van der Waals surface area contributed by atoms with Crippen LogP contribution in [0.1, 0.15) is 20.7 Å². The molecule has 0 unspecified atom stereocenters. The second-order valence-electron chi connectivity index (χ2n) is 4.73. The third kappa shape index (κ3) is 5.48. The summed E-state index contributed by atoms with van der Waals surface area (Å²) in [5.74, 6) is -1.20. The van der Waals surface area contributed by atoms with Gasteiger partial charge < -0.3 is 9.47 Å². The Morgan fingerprint density at radius 3 is 1.65 bits per heavy atom. The van der Waals surface area contributed by atoms with E-state index in [0.717, 1.165) is 0 Å². The van der Waals surface area contributed by atoms with Gasteiger partial charge in [-0.1, -0.05) is 60.7 Å². The number of ether oxygens (including phenoxy) is 2. The van der Waals surface area contributed by atoms with Crippen molar-refractivity contribution in [3.8, 4) is 0 Å². The Kier molecular flexibility index (Phi) is 6.20. The molecule has 0 aliphatic rings. The standard InChI is InChI=1S/C18H16O5/c19-16(14-7-3-1-4-8-14)11-22-13-18(21)23-12-17(20)15-9-5-2-6-10-15/h1-10H,11-13H2. The van der Waals surface area contributed by atoms with Gasteiger partial charge in [-0.2, -0.15) is 0 Å². The first-order valence-electron chi connectivity index (χ1n) is 7.06. The van der Waals surface area contributed by atoms with Gasteiger partial charge in [0.25, 0.3) is 0 Å². The highest BCUT2D eigenvalue weighted by atomic mass is 16.6. The summed E-state index contributed by atoms with van der Waals surface area (Å²) in [5, 5.41) is 0. The lowest BCUT2D eigenvalue weighted by Gasteiger charge is -2.05. The number of carbonyl (C=O) groups excluding carboxylic acids is 3. The van der Waals surface area contributed by atoms with Crippen LogP contribution in [0.15, 0.2) is 60.7 Å². The smallest absolute Gasteiger partial charge is 0.332 e. The number of benzene rings is 2. The van der Waals surface area contributed by atoms with Crippen LogP contribution in [-0.4, -0.2) is 37.4 Å². The third-order valence-corrected chi connectivity index (χ3v) is 3.01. The van der Waals surface area contributed by atoms with Gasteiger partial charge in [0.05, 0.1) is 0 Å². The zero-order valence-electron chi connectivity index (χ0n) is 12.4. The fourth-order valence-electron chi connectivity index (χ4n) is 1.83. The van der Waals surface area contributed by atoms with Crippen molar-refractivity contribution in [2.45, 2.75) is 0 Å². The average molecular weight is 312 g/mol. The molecule has 0 fully saturated rings. The SMILES string of the molecule is O=C(COCC(=O)c1ccccc1)OCC(=O)c1ccccc1. The van der Waals surface area contributed by atoms with Crippen molar-refractivity contribution in [2.75, 3.05) is 19.8 Å². The summed E-state index contributed by atoms with van der Waals surface area (Å²) in [7, 11) is 0. The van der Waals surface area contributed by atoms with Crippen molar-refractivity contribution >= 4 is 17.5 Å². The number of Topliss-reactive ketones (excluding diaryl/α,β-unsaturated/α-hetero) is 2. The summed E-state index contributed by atoms with van der Waals surface area (Å²) in [4.78, 5) is 35.0. The summed E-state index contributed by atoms with van der Waals surface area (Å²) in [6.45, 7) is -0.939. The van der Waals surface area contributed by atoms with Gasteiger partial charge in [0.1, 0.15) is 13.2 Å². The lowest BCUT2D eigenvalue weighted by atomic mass is 10.1. The van der Waals surface area contributed by atoms with Gasteiger partial charge in [-0.25, -0.2) is 4.79 Å². The molecule has 0 atom stereocenters. The number of hydrogen-bond donors (Lipinski definition) is 0. The van der Waals surface area contributed by atoms with Crippen molar-refractivity contribution in [1.82, 2.24) is 0 Å². The molecule has 5 nitrogen and oxygen atoms in total. The van der Waals surface area contributed by atoms with E-state index in [2.05, 4.69) is 0 Å². The average Bonchev–Trinajstić information content (AvgIpc) is 2.61. The minimum absolute atomic E-state index is 0.217. The van der Waals surface area contributed by atoms with E-state index in [1.807, 2.05) is 0 Å². The van der Waals surface area contributed by atoms with Crippen molar-refractivity contribution in [3.63, 3.8) is 0 Å². The Morgan fingerprint density at radius 2 is 1.13 bits per heavy atom. The number of esters is 1. The predicted octanol–water partition coefficient (Wildman–Crippen LogP) is 2.31. The molecule has 23 heavy (non-hydrogen) atoms. The van der Waals surface area contributed by atoms with Gasteiger partial charge in [-0.15, -0.1) is 0 Å². The number of carbonyl (C=O) groups is 3. The summed E-state index contributed by atoms with van der Waals surface area (Å²) in [6, 6.07) is 17.2. The first kappa shape index (κ1) is 16.6. The molecule has 0 saturated carbocycles. The maximum Gasteiger partial charge on any atom is 0.332 e. The van der Waals surface area contributed by atoms with Crippen molar-refractivity contribution in [3.05, 3.63) is 71.8 Å². The normalized spacial score (nSPS) is 10.1. The molecular weight excluding hydrogens is 296 g/mol. The molecule has 0 aliphatic heterocycles. The first-order valence-corrected chi connectivity index (χ1v) is 7.06. The van der Waals surface area contributed by atoms with E-state index in [-0.39, 0.29) is 31.4 Å². The Morgan fingerprint density at radius 1 is 0.652 bits per heavy atom. The Labute approximate surface area is 133 Å². The highest BCUT2D eigenvalue weighted by Gasteiger charge is 2.11. The van der Waals surface area contributed by atoms with Crippen molar-refractivity contribution in [2.24, 2.45) is 0 Å².